The van der Waals surface area contributed by atoms with Gasteiger partial charge >= 0.3 is 0 Å². The molecule has 0 atom stereocenters. The zero-order valence-electron chi connectivity index (χ0n) is 17.7. The number of hydrogen-bond acceptors (Lipinski definition) is 6. The van der Waals surface area contributed by atoms with Crippen LogP contribution in [-0.2, 0) is 19.4 Å². The van der Waals surface area contributed by atoms with Crippen LogP contribution >= 0.6 is 0 Å². The van der Waals surface area contributed by atoms with Gasteiger partial charge in [0.25, 0.3) is 0 Å². The van der Waals surface area contributed by atoms with E-state index in [2.05, 4.69) is 10.5 Å². The maximum Gasteiger partial charge on any atom is 0.236 e. The van der Waals surface area contributed by atoms with Crippen LogP contribution in [0.5, 0.6) is 5.75 Å². The first kappa shape index (κ1) is 19.9. The predicted octanol–water partition coefficient (Wildman–Crippen LogP) is 3.63. The molecular weight excluding hydrogens is 404 g/mol. The summed E-state index contributed by atoms with van der Waals surface area (Å²) in [7, 11) is 0. The number of nitrogens with two attached hydrogens (primary N) is 1. The number of amidine groups is 1. The largest absolute Gasteiger partial charge is 0.508 e. The van der Waals surface area contributed by atoms with Crippen molar-refractivity contribution in [3.63, 3.8) is 0 Å². The summed E-state index contributed by atoms with van der Waals surface area (Å²) in [5.41, 5.74) is 11.6. The van der Waals surface area contributed by atoms with Gasteiger partial charge in [0.1, 0.15) is 11.6 Å². The van der Waals surface area contributed by atoms with E-state index in [4.69, 9.17) is 20.9 Å². The fraction of sp³-hybridized carbons (Fsp3) is 0.208. The molecule has 1 aliphatic rings. The molecule has 1 aliphatic carbocycles. The van der Waals surface area contributed by atoms with E-state index in [1.807, 2.05) is 47.9 Å². The van der Waals surface area contributed by atoms with Gasteiger partial charge in [-0.15, -0.1) is 0 Å². The molecule has 2 aromatic carbocycles. The number of rotatable bonds is 5. The lowest BCUT2D eigenvalue weighted by molar-refractivity contribution is 0.318. The zero-order chi connectivity index (χ0) is 22.2. The molecule has 5 N–H and O–H groups in total. The molecule has 0 spiro atoms. The number of phenols is 1. The minimum Gasteiger partial charge on any atom is -0.508 e. The lowest BCUT2D eigenvalue weighted by Crippen LogP contribution is -2.13. The number of aryl methyl sites for hydroxylation is 2. The maximum absolute atomic E-state index is 9.75. The van der Waals surface area contributed by atoms with E-state index in [0.29, 0.717) is 18.1 Å². The van der Waals surface area contributed by atoms with Crippen molar-refractivity contribution in [3.05, 3.63) is 76.6 Å². The second-order valence-corrected chi connectivity index (χ2v) is 8.02. The number of fused-ring (bicyclic) bond motifs is 2. The first-order valence-corrected chi connectivity index (χ1v) is 10.6. The molecule has 162 valence electrons. The fourth-order valence-electron chi connectivity index (χ4n) is 4.42. The average Bonchev–Trinajstić information content (AvgIpc) is 3.40. The Balaban J connectivity index is 1.60. The van der Waals surface area contributed by atoms with E-state index in [1.54, 1.807) is 12.1 Å². The van der Waals surface area contributed by atoms with Gasteiger partial charge in [-0.2, -0.15) is 4.98 Å². The molecular formula is C24H24N6O2. The predicted molar refractivity (Wildman–Crippen MR) is 124 cm³/mol. The number of benzene rings is 2. The van der Waals surface area contributed by atoms with Crippen molar-refractivity contribution in [2.45, 2.75) is 32.7 Å². The third-order valence-corrected chi connectivity index (χ3v) is 5.91. The average molecular weight is 428 g/mol. The van der Waals surface area contributed by atoms with Gasteiger partial charge in [0.05, 0.1) is 11.2 Å². The Labute approximate surface area is 185 Å². The molecule has 0 fully saturated rings. The van der Waals surface area contributed by atoms with Crippen LogP contribution in [0.1, 0.15) is 34.5 Å². The monoisotopic (exact) mass is 428 g/mol. The van der Waals surface area contributed by atoms with Crippen molar-refractivity contribution in [3.8, 4) is 11.7 Å². The van der Waals surface area contributed by atoms with Crippen molar-refractivity contribution in [1.29, 1.82) is 0 Å². The number of aromatic nitrogens is 3. The normalized spacial score (nSPS) is 13.5. The fourth-order valence-corrected chi connectivity index (χ4v) is 4.42. The third kappa shape index (κ3) is 3.39. The molecule has 2 heterocycles. The van der Waals surface area contributed by atoms with E-state index in [1.165, 1.54) is 0 Å². The van der Waals surface area contributed by atoms with Crippen LogP contribution in [-0.4, -0.2) is 30.7 Å². The van der Waals surface area contributed by atoms with Crippen molar-refractivity contribution in [1.82, 2.24) is 14.5 Å². The smallest absolute Gasteiger partial charge is 0.236 e. The standard InChI is InChI=1S/C24H24N6O2/c1-14-11-19-17(22(25)29-32)7-4-10-21(19)30(14)24-27-20-9-3-8-18(20)23(28-24)26-13-15-5-2-6-16(31)12-15/h2,4-7,10-12,31-32H,3,8-9,13H2,1H3,(H2,25,29)(H,26,27,28). The second kappa shape index (κ2) is 7.88. The third-order valence-electron chi connectivity index (χ3n) is 5.91. The van der Waals surface area contributed by atoms with E-state index in [-0.39, 0.29) is 11.6 Å². The molecule has 8 nitrogen and oxygen atoms in total. The topological polar surface area (TPSA) is 122 Å². The molecule has 5 rings (SSSR count). The Bertz CT molecular complexity index is 1360. The highest BCUT2D eigenvalue weighted by Gasteiger charge is 2.22. The van der Waals surface area contributed by atoms with Gasteiger partial charge < -0.3 is 21.4 Å². The molecule has 0 saturated carbocycles. The van der Waals surface area contributed by atoms with Crippen molar-refractivity contribution < 1.29 is 10.3 Å². The maximum atomic E-state index is 9.75. The van der Waals surface area contributed by atoms with Crippen molar-refractivity contribution in [2.24, 2.45) is 10.9 Å². The van der Waals surface area contributed by atoms with Gasteiger partial charge in [0, 0.05) is 28.8 Å². The Hall–Kier alpha value is -4.07. The van der Waals surface area contributed by atoms with Gasteiger partial charge in [-0.25, -0.2) is 4.98 Å². The minimum absolute atomic E-state index is 0.0658. The highest BCUT2D eigenvalue weighted by molar-refractivity contribution is 6.08. The lowest BCUT2D eigenvalue weighted by Gasteiger charge is -2.14. The Morgan fingerprint density at radius 2 is 2.00 bits per heavy atom. The van der Waals surface area contributed by atoms with Gasteiger partial charge in [-0.1, -0.05) is 29.4 Å². The van der Waals surface area contributed by atoms with Gasteiger partial charge in [-0.05, 0) is 56.0 Å². The summed E-state index contributed by atoms with van der Waals surface area (Å²) in [4.78, 5) is 9.79. The second-order valence-electron chi connectivity index (χ2n) is 8.02. The Kier molecular flexibility index (Phi) is 4.89. The summed E-state index contributed by atoms with van der Waals surface area (Å²) in [6.07, 6.45) is 2.91. The van der Waals surface area contributed by atoms with Gasteiger partial charge in [0.15, 0.2) is 5.84 Å². The minimum atomic E-state index is 0.0658. The summed E-state index contributed by atoms with van der Waals surface area (Å²) >= 11 is 0. The Morgan fingerprint density at radius 3 is 2.81 bits per heavy atom. The van der Waals surface area contributed by atoms with E-state index in [0.717, 1.165) is 58.5 Å². The number of phenolic OH excluding ortho intramolecular Hbond substituents is 1. The first-order chi connectivity index (χ1) is 15.5. The van der Waals surface area contributed by atoms with Crippen molar-refractivity contribution in [2.75, 3.05) is 5.32 Å². The van der Waals surface area contributed by atoms with Gasteiger partial charge in [-0.3, -0.25) is 4.57 Å². The summed E-state index contributed by atoms with van der Waals surface area (Å²) in [5, 5.41) is 26.4. The number of aromatic hydroxyl groups is 1. The molecule has 0 aliphatic heterocycles. The zero-order valence-corrected chi connectivity index (χ0v) is 17.7. The number of oxime groups is 1. The summed E-state index contributed by atoms with van der Waals surface area (Å²) < 4.78 is 2.00. The van der Waals surface area contributed by atoms with Crippen molar-refractivity contribution >= 4 is 22.6 Å². The molecule has 32 heavy (non-hydrogen) atoms. The molecule has 0 unspecified atom stereocenters. The number of nitrogens with one attached hydrogen (secondary N) is 1. The number of hydrogen-bond donors (Lipinski definition) is 4. The number of nitrogens with zero attached hydrogens (tertiary/aromatic N) is 4. The molecule has 2 aromatic heterocycles. The summed E-state index contributed by atoms with van der Waals surface area (Å²) in [6.45, 7) is 2.54. The lowest BCUT2D eigenvalue weighted by atomic mass is 10.1. The van der Waals surface area contributed by atoms with Crippen LogP contribution in [0.2, 0.25) is 0 Å². The Morgan fingerprint density at radius 1 is 1.16 bits per heavy atom. The first-order valence-electron chi connectivity index (χ1n) is 10.6. The van der Waals surface area contributed by atoms with Gasteiger partial charge in [0.2, 0.25) is 5.95 Å². The summed E-state index contributed by atoms with van der Waals surface area (Å²) in [5.74, 6) is 1.72. The van der Waals surface area contributed by atoms with Crippen LogP contribution in [0.3, 0.4) is 0 Å². The SMILES string of the molecule is Cc1cc2c(/C(N)=N/O)cccc2n1-c1nc2c(c(NCc3cccc(O)c3)n1)CCC2. The molecule has 8 heteroatoms. The quantitative estimate of drug-likeness (QED) is 0.167. The molecule has 0 radical (unpaired) electrons. The molecule has 0 amide bonds. The van der Waals surface area contributed by atoms with Crippen LogP contribution in [0.25, 0.3) is 16.9 Å². The van der Waals surface area contributed by atoms with Crippen LogP contribution in [0.15, 0.2) is 53.7 Å². The van der Waals surface area contributed by atoms with Crippen LogP contribution < -0.4 is 11.1 Å². The highest BCUT2D eigenvalue weighted by atomic mass is 16.4. The van der Waals surface area contributed by atoms with Crippen LogP contribution in [0.4, 0.5) is 5.82 Å². The molecule has 0 bridgehead atoms. The van der Waals surface area contributed by atoms with E-state index in [9.17, 15) is 5.11 Å². The highest BCUT2D eigenvalue weighted by Crippen LogP contribution is 2.31. The number of anilines is 1. The molecule has 0 saturated heterocycles. The van der Waals surface area contributed by atoms with E-state index >= 15 is 0 Å². The van der Waals surface area contributed by atoms with Crippen LogP contribution in [0, 0.1) is 6.92 Å². The molecule has 4 aromatic rings. The van der Waals surface area contributed by atoms with E-state index < -0.39 is 0 Å². The summed E-state index contributed by atoms with van der Waals surface area (Å²) in [6, 6.07) is 14.9.